The quantitative estimate of drug-likeness (QED) is 0.777. The van der Waals surface area contributed by atoms with Gasteiger partial charge in [0.05, 0.1) is 7.11 Å². The van der Waals surface area contributed by atoms with E-state index in [0.29, 0.717) is 0 Å². The molecule has 0 spiro atoms. The molecule has 0 fully saturated rings. The summed E-state index contributed by atoms with van der Waals surface area (Å²) >= 11 is 3.53. The Bertz CT molecular complexity index is 365. The van der Waals surface area contributed by atoms with Crippen molar-refractivity contribution in [2.45, 2.75) is 12.8 Å². The highest BCUT2D eigenvalue weighted by Gasteiger charge is 2.15. The lowest BCUT2D eigenvalue weighted by molar-refractivity contribution is 0.350. The van der Waals surface area contributed by atoms with Crippen molar-refractivity contribution in [2.24, 2.45) is 0 Å². The Labute approximate surface area is 99.4 Å². The highest BCUT2D eigenvalue weighted by Crippen LogP contribution is 2.29. The lowest BCUT2D eigenvalue weighted by Crippen LogP contribution is -2.20. The van der Waals surface area contributed by atoms with Gasteiger partial charge < -0.3 is 9.64 Å². The van der Waals surface area contributed by atoms with Crippen molar-refractivity contribution in [1.29, 1.82) is 0 Å². The fourth-order valence-electron chi connectivity index (χ4n) is 2.08. The maximum absolute atomic E-state index is 5.44. The second kappa shape index (κ2) is 4.54. The molecule has 1 aliphatic heterocycles. The maximum atomic E-state index is 5.44. The number of nitrogens with zero attached hydrogens (tertiary/aromatic N) is 1. The minimum Gasteiger partial charge on any atom is -0.496 e. The Kier molecular flexibility index (Phi) is 3.32. The van der Waals surface area contributed by atoms with Gasteiger partial charge in [-0.25, -0.2) is 0 Å². The zero-order valence-electron chi connectivity index (χ0n) is 9.22. The number of likely N-dealkylation sites (N-methyl/N-ethyl adjacent to an activating group) is 1. The monoisotopic (exact) mass is 269 g/mol. The molecule has 0 radical (unpaired) electrons. The van der Waals surface area contributed by atoms with Gasteiger partial charge in [0.2, 0.25) is 0 Å². The van der Waals surface area contributed by atoms with Crippen molar-refractivity contribution >= 4 is 15.9 Å². The molecule has 1 aromatic rings. The second-order valence-corrected chi connectivity index (χ2v) is 4.96. The van der Waals surface area contributed by atoms with Crippen LogP contribution >= 0.6 is 15.9 Å². The molecule has 82 valence electrons. The van der Waals surface area contributed by atoms with E-state index >= 15 is 0 Å². The highest BCUT2D eigenvalue weighted by molar-refractivity contribution is 9.10. The Morgan fingerprint density at radius 1 is 1.27 bits per heavy atom. The number of hydrogen-bond donors (Lipinski definition) is 0. The molecule has 1 heterocycles. The molecule has 3 heteroatoms. The summed E-state index contributed by atoms with van der Waals surface area (Å²) in [5.74, 6) is 1.02. The average molecular weight is 270 g/mol. The molecule has 0 saturated carbocycles. The predicted octanol–water partition coefficient (Wildman–Crippen LogP) is 2.49. The molecule has 0 aromatic heterocycles. The smallest absolute Gasteiger partial charge is 0.123 e. The Morgan fingerprint density at radius 3 is 2.73 bits per heavy atom. The van der Waals surface area contributed by atoms with Gasteiger partial charge >= 0.3 is 0 Å². The third-order valence-corrected chi connectivity index (χ3v) is 3.45. The molecule has 2 rings (SSSR count). The third-order valence-electron chi connectivity index (χ3n) is 2.99. The van der Waals surface area contributed by atoms with Crippen molar-refractivity contribution < 1.29 is 4.74 Å². The summed E-state index contributed by atoms with van der Waals surface area (Å²) in [6, 6.07) is 4.28. The summed E-state index contributed by atoms with van der Waals surface area (Å²) in [4.78, 5) is 2.37. The van der Waals surface area contributed by atoms with Crippen LogP contribution in [0.15, 0.2) is 16.6 Å². The summed E-state index contributed by atoms with van der Waals surface area (Å²) in [5.41, 5.74) is 2.80. The van der Waals surface area contributed by atoms with Crippen LogP contribution in [0, 0.1) is 0 Å². The first-order valence-electron chi connectivity index (χ1n) is 5.24. The minimum absolute atomic E-state index is 1.02. The van der Waals surface area contributed by atoms with E-state index in [1.54, 1.807) is 7.11 Å². The second-order valence-electron chi connectivity index (χ2n) is 4.05. The number of ether oxygens (including phenoxy) is 1. The lowest BCUT2D eigenvalue weighted by Gasteiger charge is -2.12. The largest absolute Gasteiger partial charge is 0.496 e. The number of methoxy groups -OCH3 is 1. The van der Waals surface area contributed by atoms with Crippen LogP contribution in [0.5, 0.6) is 5.75 Å². The number of halogens is 1. The van der Waals surface area contributed by atoms with Crippen molar-refractivity contribution in [3.8, 4) is 5.75 Å². The zero-order chi connectivity index (χ0) is 10.8. The topological polar surface area (TPSA) is 12.5 Å². The normalized spacial score (nSPS) is 17.0. The van der Waals surface area contributed by atoms with E-state index in [1.165, 1.54) is 11.1 Å². The van der Waals surface area contributed by atoms with E-state index < -0.39 is 0 Å². The van der Waals surface area contributed by atoms with Crippen LogP contribution in [0.25, 0.3) is 0 Å². The van der Waals surface area contributed by atoms with E-state index in [4.69, 9.17) is 4.74 Å². The van der Waals surface area contributed by atoms with Gasteiger partial charge in [0.1, 0.15) is 5.75 Å². The van der Waals surface area contributed by atoms with E-state index in [1.807, 2.05) is 0 Å². The van der Waals surface area contributed by atoms with Crippen molar-refractivity contribution in [2.75, 3.05) is 27.2 Å². The van der Waals surface area contributed by atoms with E-state index in [0.717, 1.165) is 36.2 Å². The molecule has 0 saturated heterocycles. The molecule has 2 nitrogen and oxygen atoms in total. The fourth-order valence-corrected chi connectivity index (χ4v) is 2.56. The molecule has 0 unspecified atom stereocenters. The van der Waals surface area contributed by atoms with Crippen LogP contribution < -0.4 is 4.74 Å². The Balaban J connectivity index is 2.41. The number of fused-ring (bicyclic) bond motifs is 1. The summed E-state index contributed by atoms with van der Waals surface area (Å²) in [7, 11) is 3.92. The molecule has 0 aliphatic carbocycles. The first kappa shape index (κ1) is 11.0. The van der Waals surface area contributed by atoms with E-state index in [9.17, 15) is 0 Å². The van der Waals surface area contributed by atoms with Crippen LogP contribution in [-0.4, -0.2) is 32.1 Å². The standard InChI is InChI=1S/C12H16BrNO/c1-14-5-3-9-7-10(13)8-12(15-2)11(9)4-6-14/h7-8H,3-6H2,1-2H3. The van der Waals surface area contributed by atoms with Gasteiger partial charge in [0, 0.05) is 17.6 Å². The summed E-state index contributed by atoms with van der Waals surface area (Å²) < 4.78 is 6.55. The molecule has 1 aliphatic rings. The molecular formula is C12H16BrNO. The van der Waals surface area contributed by atoms with Gasteiger partial charge in [-0.1, -0.05) is 15.9 Å². The van der Waals surface area contributed by atoms with Gasteiger partial charge in [-0.05, 0) is 43.1 Å². The molecular weight excluding hydrogens is 254 g/mol. The number of hydrogen-bond acceptors (Lipinski definition) is 2. The van der Waals surface area contributed by atoms with Gasteiger partial charge in [0.25, 0.3) is 0 Å². The minimum atomic E-state index is 1.02. The molecule has 0 bridgehead atoms. The summed E-state index contributed by atoms with van der Waals surface area (Å²) in [6.45, 7) is 2.25. The third kappa shape index (κ3) is 2.34. The van der Waals surface area contributed by atoms with Crippen molar-refractivity contribution in [3.05, 3.63) is 27.7 Å². The van der Waals surface area contributed by atoms with E-state index in [2.05, 4.69) is 40.0 Å². The Hall–Kier alpha value is -0.540. The number of benzene rings is 1. The summed E-state index contributed by atoms with van der Waals surface area (Å²) in [6.07, 6.45) is 2.20. The first-order chi connectivity index (χ1) is 7.20. The first-order valence-corrected chi connectivity index (χ1v) is 6.04. The molecule has 0 N–H and O–H groups in total. The maximum Gasteiger partial charge on any atom is 0.123 e. The molecule has 0 amide bonds. The van der Waals surface area contributed by atoms with Crippen LogP contribution in [0.2, 0.25) is 0 Å². The summed E-state index contributed by atoms with van der Waals surface area (Å²) in [5, 5.41) is 0. The molecule has 15 heavy (non-hydrogen) atoms. The van der Waals surface area contributed by atoms with Gasteiger partial charge in [-0.15, -0.1) is 0 Å². The highest BCUT2D eigenvalue weighted by atomic mass is 79.9. The average Bonchev–Trinajstić information content (AvgIpc) is 2.40. The van der Waals surface area contributed by atoms with Crippen molar-refractivity contribution in [1.82, 2.24) is 4.90 Å². The van der Waals surface area contributed by atoms with Crippen LogP contribution in [0.3, 0.4) is 0 Å². The fraction of sp³-hybridized carbons (Fsp3) is 0.500. The molecule has 0 atom stereocenters. The number of rotatable bonds is 1. The molecule has 1 aromatic carbocycles. The predicted molar refractivity (Wildman–Crippen MR) is 65.6 cm³/mol. The van der Waals surface area contributed by atoms with Crippen LogP contribution in [-0.2, 0) is 12.8 Å². The van der Waals surface area contributed by atoms with Crippen molar-refractivity contribution in [3.63, 3.8) is 0 Å². The SMILES string of the molecule is COc1cc(Br)cc2c1CCN(C)CC2. The van der Waals surface area contributed by atoms with Gasteiger partial charge in [0.15, 0.2) is 0 Å². The van der Waals surface area contributed by atoms with Crippen LogP contribution in [0.1, 0.15) is 11.1 Å². The zero-order valence-corrected chi connectivity index (χ0v) is 10.8. The van der Waals surface area contributed by atoms with Crippen LogP contribution in [0.4, 0.5) is 0 Å². The lowest BCUT2D eigenvalue weighted by atomic mass is 10.0. The van der Waals surface area contributed by atoms with E-state index in [-0.39, 0.29) is 0 Å². The van der Waals surface area contributed by atoms with Gasteiger partial charge in [-0.3, -0.25) is 0 Å². The Morgan fingerprint density at radius 2 is 2.00 bits per heavy atom. The van der Waals surface area contributed by atoms with Gasteiger partial charge in [-0.2, -0.15) is 0 Å².